The summed E-state index contributed by atoms with van der Waals surface area (Å²) in [7, 11) is 0. The van der Waals surface area contributed by atoms with Gasteiger partial charge in [0, 0.05) is 29.4 Å². The number of unbranched alkanes of at least 4 members (excludes halogenated alkanes) is 3. The average molecular weight is 369 g/mol. The van der Waals surface area contributed by atoms with E-state index in [4.69, 9.17) is 4.74 Å². The Morgan fingerprint density at radius 1 is 0.963 bits per heavy atom. The molecule has 0 saturated heterocycles. The lowest BCUT2D eigenvalue weighted by Gasteiger charge is -2.13. The second-order valence-electron chi connectivity index (χ2n) is 6.33. The average Bonchev–Trinajstić information content (AvgIpc) is 2.67. The molecular formula is C22H27NO4. The van der Waals surface area contributed by atoms with Crippen LogP contribution in [-0.4, -0.2) is 30.0 Å². The van der Waals surface area contributed by atoms with Crippen molar-refractivity contribution in [1.82, 2.24) is 0 Å². The fraction of sp³-hybridized carbons (Fsp3) is 0.364. The summed E-state index contributed by atoms with van der Waals surface area (Å²) in [5.74, 6) is -0.703. The first kappa shape index (κ1) is 20.5. The Kier molecular flexibility index (Phi) is 7.86. The van der Waals surface area contributed by atoms with Gasteiger partial charge in [0.05, 0.1) is 12.2 Å². The summed E-state index contributed by atoms with van der Waals surface area (Å²) in [6.45, 7) is 4.98. The summed E-state index contributed by atoms with van der Waals surface area (Å²) in [6, 6.07) is 11.2. The maximum absolute atomic E-state index is 13.1. The van der Waals surface area contributed by atoms with Gasteiger partial charge in [0.1, 0.15) is 5.75 Å². The first-order valence-corrected chi connectivity index (χ1v) is 9.46. The molecule has 2 N–H and O–H groups in total. The Balaban J connectivity index is 2.22. The number of aromatic hydroxyl groups is 1. The Morgan fingerprint density at radius 2 is 1.70 bits per heavy atom. The molecule has 0 heterocycles. The minimum absolute atomic E-state index is 0.0716. The number of nitrogens with one attached hydrogen (secondary N) is 1. The largest absolute Gasteiger partial charge is 0.508 e. The fourth-order valence-corrected chi connectivity index (χ4v) is 2.84. The highest BCUT2D eigenvalue weighted by atomic mass is 16.5. The zero-order valence-corrected chi connectivity index (χ0v) is 16.0. The molecule has 0 amide bonds. The van der Waals surface area contributed by atoms with Gasteiger partial charge in [-0.25, -0.2) is 4.79 Å². The summed E-state index contributed by atoms with van der Waals surface area (Å²) >= 11 is 0. The van der Waals surface area contributed by atoms with Crippen molar-refractivity contribution >= 4 is 17.4 Å². The first-order valence-electron chi connectivity index (χ1n) is 9.46. The summed E-state index contributed by atoms with van der Waals surface area (Å²) in [4.78, 5) is 25.5. The third-order valence-electron chi connectivity index (χ3n) is 4.24. The van der Waals surface area contributed by atoms with Crippen LogP contribution in [0.5, 0.6) is 5.75 Å². The number of phenols is 1. The second kappa shape index (κ2) is 10.4. The number of phenolic OH excluding ortho intramolecular Hbond substituents is 1. The highest BCUT2D eigenvalue weighted by Crippen LogP contribution is 2.25. The van der Waals surface area contributed by atoms with Crippen molar-refractivity contribution in [3.8, 4) is 5.75 Å². The van der Waals surface area contributed by atoms with E-state index in [1.807, 2.05) is 6.92 Å². The normalized spacial score (nSPS) is 10.4. The predicted molar refractivity (Wildman–Crippen MR) is 107 cm³/mol. The quantitative estimate of drug-likeness (QED) is 0.358. The number of rotatable bonds is 10. The molecule has 0 aliphatic heterocycles. The first-order chi connectivity index (χ1) is 13.1. The van der Waals surface area contributed by atoms with Gasteiger partial charge in [-0.1, -0.05) is 44.4 Å². The van der Waals surface area contributed by atoms with E-state index >= 15 is 0 Å². The summed E-state index contributed by atoms with van der Waals surface area (Å²) in [5.41, 5.74) is 1.48. The molecule has 0 fully saturated rings. The van der Waals surface area contributed by atoms with Crippen LogP contribution in [0.3, 0.4) is 0 Å². The molecule has 0 unspecified atom stereocenters. The van der Waals surface area contributed by atoms with Crippen LogP contribution in [0.4, 0.5) is 5.69 Å². The zero-order valence-electron chi connectivity index (χ0n) is 16.0. The minimum atomic E-state index is -0.487. The molecule has 0 saturated carbocycles. The van der Waals surface area contributed by atoms with E-state index in [9.17, 15) is 14.7 Å². The van der Waals surface area contributed by atoms with Gasteiger partial charge in [-0.15, -0.1) is 0 Å². The van der Waals surface area contributed by atoms with Gasteiger partial charge in [0.25, 0.3) is 0 Å². The predicted octanol–water partition coefficient (Wildman–Crippen LogP) is 4.79. The van der Waals surface area contributed by atoms with E-state index in [0.717, 1.165) is 25.7 Å². The lowest BCUT2D eigenvalue weighted by atomic mass is 9.97. The highest BCUT2D eigenvalue weighted by molar-refractivity contribution is 6.16. The van der Waals surface area contributed by atoms with Crippen molar-refractivity contribution in [3.63, 3.8) is 0 Å². The van der Waals surface area contributed by atoms with E-state index < -0.39 is 5.97 Å². The molecule has 2 aromatic rings. The standard InChI is InChI=1S/C22H27NO4/c1-3-5-6-9-14-27-22(26)18-11-8-7-10-17(18)21(25)19-13-12-16(24)15-20(19)23-4-2/h7-8,10-13,15,23-24H,3-6,9,14H2,1-2H3. The Labute approximate surface area is 160 Å². The maximum atomic E-state index is 13.1. The third-order valence-corrected chi connectivity index (χ3v) is 4.24. The molecule has 2 rings (SSSR count). The number of ketones is 1. The van der Waals surface area contributed by atoms with E-state index in [1.54, 1.807) is 30.3 Å². The Hall–Kier alpha value is -2.82. The van der Waals surface area contributed by atoms with Crippen LogP contribution in [0.25, 0.3) is 0 Å². The van der Waals surface area contributed by atoms with Crippen molar-refractivity contribution in [2.45, 2.75) is 39.5 Å². The number of benzene rings is 2. The number of hydrogen-bond acceptors (Lipinski definition) is 5. The van der Waals surface area contributed by atoms with E-state index in [0.29, 0.717) is 30.0 Å². The molecule has 0 aliphatic rings. The van der Waals surface area contributed by atoms with Gasteiger partial charge in [-0.2, -0.15) is 0 Å². The van der Waals surface area contributed by atoms with Crippen LogP contribution in [0.1, 0.15) is 65.8 Å². The molecule has 5 nitrogen and oxygen atoms in total. The van der Waals surface area contributed by atoms with Crippen molar-refractivity contribution < 1.29 is 19.4 Å². The lowest BCUT2D eigenvalue weighted by molar-refractivity contribution is 0.0495. The number of esters is 1. The third kappa shape index (κ3) is 5.58. The van der Waals surface area contributed by atoms with Gasteiger partial charge in [-0.3, -0.25) is 4.79 Å². The van der Waals surface area contributed by atoms with Crippen molar-refractivity contribution in [2.75, 3.05) is 18.5 Å². The van der Waals surface area contributed by atoms with Gasteiger partial charge >= 0.3 is 5.97 Å². The van der Waals surface area contributed by atoms with Crippen molar-refractivity contribution in [1.29, 1.82) is 0 Å². The molecule has 0 bridgehead atoms. The molecule has 0 atom stereocenters. The number of anilines is 1. The molecule has 0 aromatic heterocycles. The number of carbonyl (C=O) groups is 2. The van der Waals surface area contributed by atoms with E-state index in [1.165, 1.54) is 12.1 Å². The minimum Gasteiger partial charge on any atom is -0.508 e. The molecule has 27 heavy (non-hydrogen) atoms. The Bertz CT molecular complexity index is 786. The van der Waals surface area contributed by atoms with Gasteiger partial charge in [0.15, 0.2) is 5.78 Å². The summed E-state index contributed by atoms with van der Waals surface area (Å²) in [6.07, 6.45) is 4.06. The maximum Gasteiger partial charge on any atom is 0.338 e. The lowest BCUT2D eigenvalue weighted by Crippen LogP contribution is -2.14. The molecule has 0 radical (unpaired) electrons. The van der Waals surface area contributed by atoms with Crippen molar-refractivity contribution in [2.24, 2.45) is 0 Å². The molecule has 5 heteroatoms. The Morgan fingerprint density at radius 3 is 2.41 bits per heavy atom. The molecular weight excluding hydrogens is 342 g/mol. The molecule has 0 aliphatic carbocycles. The van der Waals surface area contributed by atoms with Crippen molar-refractivity contribution in [3.05, 3.63) is 59.2 Å². The zero-order chi connectivity index (χ0) is 19.6. The highest BCUT2D eigenvalue weighted by Gasteiger charge is 2.21. The van der Waals surface area contributed by atoms with Gasteiger partial charge in [-0.05, 0) is 31.5 Å². The van der Waals surface area contributed by atoms with E-state index in [-0.39, 0.29) is 17.1 Å². The van der Waals surface area contributed by atoms with Gasteiger partial charge in [0.2, 0.25) is 0 Å². The second-order valence-corrected chi connectivity index (χ2v) is 6.33. The topological polar surface area (TPSA) is 75.6 Å². The number of hydrogen-bond donors (Lipinski definition) is 2. The number of carbonyl (C=O) groups excluding carboxylic acids is 2. The van der Waals surface area contributed by atoms with Crippen LogP contribution in [0.2, 0.25) is 0 Å². The fourth-order valence-electron chi connectivity index (χ4n) is 2.84. The summed E-state index contributed by atoms with van der Waals surface area (Å²) in [5, 5.41) is 12.8. The molecule has 144 valence electrons. The molecule has 0 spiro atoms. The van der Waals surface area contributed by atoms with Crippen LogP contribution in [0, 0.1) is 0 Å². The summed E-state index contributed by atoms with van der Waals surface area (Å²) < 4.78 is 5.35. The van der Waals surface area contributed by atoms with Crippen LogP contribution < -0.4 is 5.32 Å². The monoisotopic (exact) mass is 369 g/mol. The van der Waals surface area contributed by atoms with Gasteiger partial charge < -0.3 is 15.2 Å². The van der Waals surface area contributed by atoms with E-state index in [2.05, 4.69) is 12.2 Å². The SMILES string of the molecule is CCCCCCOC(=O)c1ccccc1C(=O)c1ccc(O)cc1NCC. The smallest absolute Gasteiger partial charge is 0.338 e. The number of ether oxygens (including phenoxy) is 1. The molecule has 2 aromatic carbocycles. The van der Waals surface area contributed by atoms with Crippen LogP contribution in [-0.2, 0) is 4.74 Å². The van der Waals surface area contributed by atoms with Crippen LogP contribution >= 0.6 is 0 Å². The van der Waals surface area contributed by atoms with Crippen LogP contribution in [0.15, 0.2) is 42.5 Å².